The first kappa shape index (κ1) is 31.0. The normalized spacial score (nSPS) is 10.0. The number of benzene rings is 2. The number of terminal acetylenes is 1. The smallest absolute Gasteiger partial charge is 0.339 e. The summed E-state index contributed by atoms with van der Waals surface area (Å²) in [6.07, 6.45) is 18.7. The monoisotopic (exact) mass is 492 g/mol. The Labute approximate surface area is 218 Å². The van der Waals surface area contributed by atoms with Crippen molar-refractivity contribution < 1.29 is 19.1 Å². The third kappa shape index (κ3) is 14.4. The maximum Gasteiger partial charge on any atom is 0.339 e. The highest BCUT2D eigenvalue weighted by atomic mass is 16.5. The van der Waals surface area contributed by atoms with Crippen LogP contribution >= 0.6 is 0 Å². The van der Waals surface area contributed by atoms with Gasteiger partial charge in [-0.3, -0.25) is 0 Å². The second kappa shape index (κ2) is 21.2. The molecular formula is C32H44O4. The van der Waals surface area contributed by atoms with E-state index in [1.54, 1.807) is 24.3 Å². The van der Waals surface area contributed by atoms with Crippen molar-refractivity contribution in [3.63, 3.8) is 0 Å². The number of ether oxygens (including phenoxy) is 2. The Morgan fingerprint density at radius 2 is 1.00 bits per heavy atom. The second-order valence-electron chi connectivity index (χ2n) is 8.86. The van der Waals surface area contributed by atoms with E-state index in [0.717, 1.165) is 31.2 Å². The molecule has 0 amide bonds. The number of hydrogen-bond donors (Lipinski definition) is 0. The van der Waals surface area contributed by atoms with Gasteiger partial charge in [-0.2, -0.15) is 0 Å². The average molecular weight is 493 g/mol. The maximum atomic E-state index is 12.4. The topological polar surface area (TPSA) is 52.6 Å². The van der Waals surface area contributed by atoms with Gasteiger partial charge in [-0.25, -0.2) is 9.59 Å². The van der Waals surface area contributed by atoms with Crippen molar-refractivity contribution >= 4 is 11.9 Å². The number of esters is 2. The Hall–Kier alpha value is -3.06. The van der Waals surface area contributed by atoms with E-state index in [9.17, 15) is 9.59 Å². The summed E-state index contributed by atoms with van der Waals surface area (Å²) in [4.78, 5) is 24.7. The molecule has 2 aromatic rings. The number of rotatable bonds is 16. The van der Waals surface area contributed by atoms with Crippen LogP contribution in [0.2, 0.25) is 0 Å². The highest BCUT2D eigenvalue weighted by molar-refractivity contribution is 6.03. The summed E-state index contributed by atoms with van der Waals surface area (Å²) in [6.45, 7) is 5.17. The molecule has 0 spiro atoms. The quantitative estimate of drug-likeness (QED) is 0.134. The molecule has 196 valence electrons. The van der Waals surface area contributed by atoms with Crippen molar-refractivity contribution in [2.45, 2.75) is 90.9 Å². The number of hydrogen-bond acceptors (Lipinski definition) is 4. The molecule has 0 aliphatic rings. The lowest BCUT2D eigenvalue weighted by molar-refractivity contribution is 0.0450. The number of carbonyl (C=O) groups is 2. The van der Waals surface area contributed by atoms with Gasteiger partial charge in [0.25, 0.3) is 0 Å². The van der Waals surface area contributed by atoms with Crippen LogP contribution in [0.3, 0.4) is 0 Å². The fourth-order valence-corrected chi connectivity index (χ4v) is 3.62. The molecule has 0 atom stereocenters. The first-order chi connectivity index (χ1) is 17.6. The predicted octanol–water partition coefficient (Wildman–Crippen LogP) is 8.39. The highest BCUT2D eigenvalue weighted by Gasteiger charge is 2.18. The number of carbonyl (C=O) groups excluding carboxylic acids is 2. The first-order valence-electron chi connectivity index (χ1n) is 13.6. The van der Waals surface area contributed by atoms with Crippen LogP contribution in [0, 0.1) is 12.3 Å². The summed E-state index contributed by atoms with van der Waals surface area (Å²) in [5.41, 5.74) is 1.52. The van der Waals surface area contributed by atoms with Crippen molar-refractivity contribution in [2.24, 2.45) is 0 Å². The van der Waals surface area contributed by atoms with Crippen LogP contribution in [-0.4, -0.2) is 25.2 Å². The Bertz CT molecular complexity index is 834. The molecule has 0 N–H and O–H groups in total. The van der Waals surface area contributed by atoms with Crippen molar-refractivity contribution in [1.82, 2.24) is 0 Å². The Morgan fingerprint density at radius 1 is 0.611 bits per heavy atom. The Balaban J connectivity index is 0.000000681. The summed E-state index contributed by atoms with van der Waals surface area (Å²) in [7, 11) is 0. The van der Waals surface area contributed by atoms with Gasteiger partial charge in [0.2, 0.25) is 0 Å². The lowest BCUT2D eigenvalue weighted by atomic mass is 10.1. The fourth-order valence-electron chi connectivity index (χ4n) is 3.62. The van der Waals surface area contributed by atoms with E-state index in [1.807, 2.05) is 30.3 Å². The van der Waals surface area contributed by atoms with Gasteiger partial charge in [0.05, 0.1) is 24.3 Å². The van der Waals surface area contributed by atoms with Crippen LogP contribution in [0.5, 0.6) is 0 Å². The third-order valence-corrected chi connectivity index (χ3v) is 5.77. The molecule has 0 aromatic heterocycles. The standard InChI is InChI=1S/C24H38O4.C8H6/c1-3-5-7-9-11-15-19-27-23(25)21-17-13-14-18-22(21)24(26)28-20-16-12-10-8-6-4-2;1-2-8-6-4-3-5-7-8/h13-14,17-18H,3-12,15-16,19-20H2,1-2H3;1,3-7H. The minimum absolute atomic E-state index is 0.293. The van der Waals surface area contributed by atoms with Crippen molar-refractivity contribution in [3.05, 3.63) is 71.3 Å². The molecule has 0 unspecified atom stereocenters. The molecule has 0 fully saturated rings. The van der Waals surface area contributed by atoms with Gasteiger partial charge in [0, 0.05) is 5.56 Å². The minimum atomic E-state index is -0.444. The minimum Gasteiger partial charge on any atom is -0.462 e. The van der Waals surface area contributed by atoms with Gasteiger partial charge in [-0.05, 0) is 37.1 Å². The van der Waals surface area contributed by atoms with Gasteiger partial charge in [0.15, 0.2) is 0 Å². The molecule has 2 rings (SSSR count). The summed E-state index contributed by atoms with van der Waals surface area (Å²) in [5.74, 6) is 1.64. The second-order valence-corrected chi connectivity index (χ2v) is 8.86. The zero-order valence-electron chi connectivity index (χ0n) is 22.3. The van der Waals surface area contributed by atoms with E-state index in [-0.39, 0.29) is 0 Å². The van der Waals surface area contributed by atoms with E-state index in [0.29, 0.717) is 24.3 Å². The zero-order valence-corrected chi connectivity index (χ0v) is 22.3. The molecule has 0 aliphatic heterocycles. The Kier molecular flexibility index (Phi) is 18.3. The molecule has 2 aromatic carbocycles. The lowest BCUT2D eigenvalue weighted by Crippen LogP contribution is -2.15. The molecule has 4 heteroatoms. The zero-order chi connectivity index (χ0) is 26.3. The van der Waals surface area contributed by atoms with Crippen LogP contribution < -0.4 is 0 Å². The molecule has 0 heterocycles. The van der Waals surface area contributed by atoms with E-state index in [4.69, 9.17) is 15.9 Å². The number of unbranched alkanes of at least 4 members (excludes halogenated alkanes) is 10. The van der Waals surface area contributed by atoms with Crippen molar-refractivity contribution in [1.29, 1.82) is 0 Å². The summed E-state index contributed by atoms with van der Waals surface area (Å²) >= 11 is 0. The lowest BCUT2D eigenvalue weighted by Gasteiger charge is -2.10. The molecule has 36 heavy (non-hydrogen) atoms. The molecule has 0 aliphatic carbocycles. The maximum absolute atomic E-state index is 12.4. The molecule has 0 saturated heterocycles. The molecular weight excluding hydrogens is 448 g/mol. The van der Waals surface area contributed by atoms with Crippen LogP contribution in [0.15, 0.2) is 54.6 Å². The van der Waals surface area contributed by atoms with Gasteiger partial charge in [-0.1, -0.05) is 114 Å². The fraction of sp³-hybridized carbons (Fsp3) is 0.500. The first-order valence-corrected chi connectivity index (χ1v) is 13.6. The molecule has 0 radical (unpaired) electrons. The van der Waals surface area contributed by atoms with Crippen LogP contribution in [0.1, 0.15) is 117 Å². The summed E-state index contributed by atoms with van der Waals surface area (Å²) < 4.78 is 10.7. The largest absolute Gasteiger partial charge is 0.462 e. The van der Waals surface area contributed by atoms with Gasteiger partial charge in [-0.15, -0.1) is 6.42 Å². The predicted molar refractivity (Wildman–Crippen MR) is 148 cm³/mol. The highest BCUT2D eigenvalue weighted by Crippen LogP contribution is 2.14. The van der Waals surface area contributed by atoms with Gasteiger partial charge in [0.1, 0.15) is 0 Å². The van der Waals surface area contributed by atoms with E-state index >= 15 is 0 Å². The van der Waals surface area contributed by atoms with Gasteiger partial charge >= 0.3 is 11.9 Å². The SMILES string of the molecule is C#Cc1ccccc1.CCCCCCCCOC(=O)c1ccccc1C(=O)OCCCCCCCC. The van der Waals surface area contributed by atoms with Gasteiger partial charge < -0.3 is 9.47 Å². The van der Waals surface area contributed by atoms with Crippen LogP contribution in [-0.2, 0) is 9.47 Å². The summed E-state index contributed by atoms with van der Waals surface area (Å²) in [5, 5.41) is 0. The van der Waals surface area contributed by atoms with E-state index in [1.165, 1.54) is 51.4 Å². The molecule has 4 nitrogen and oxygen atoms in total. The molecule has 0 saturated carbocycles. The molecule has 0 bridgehead atoms. The third-order valence-electron chi connectivity index (χ3n) is 5.77. The van der Waals surface area contributed by atoms with Crippen LogP contribution in [0.4, 0.5) is 0 Å². The van der Waals surface area contributed by atoms with Crippen molar-refractivity contribution in [3.8, 4) is 12.3 Å². The summed E-state index contributed by atoms with van der Waals surface area (Å²) in [6, 6.07) is 16.3. The van der Waals surface area contributed by atoms with E-state index in [2.05, 4.69) is 19.8 Å². The van der Waals surface area contributed by atoms with Crippen LogP contribution in [0.25, 0.3) is 0 Å². The van der Waals surface area contributed by atoms with Crippen molar-refractivity contribution in [2.75, 3.05) is 13.2 Å². The van der Waals surface area contributed by atoms with E-state index < -0.39 is 11.9 Å². The Morgan fingerprint density at radius 3 is 1.39 bits per heavy atom. The average Bonchev–Trinajstić information content (AvgIpc) is 2.92.